The SMILES string of the molecule is CN1CCN(CCCOc2ccc(-c3ncc(C(F)(F)F)[nH]3)cc2NC(=O)C#Cc2cccc(Br)c2)CC1. The third-order valence-corrected chi connectivity index (χ3v) is 6.49. The van der Waals surface area contributed by atoms with Crippen LogP contribution in [0.3, 0.4) is 0 Å². The van der Waals surface area contributed by atoms with Crippen LogP contribution in [-0.4, -0.2) is 72.1 Å². The van der Waals surface area contributed by atoms with Gasteiger partial charge < -0.3 is 24.8 Å². The molecule has 0 unspecified atom stereocenters. The molecule has 0 aliphatic carbocycles. The Bertz CT molecular complexity index is 1320. The smallest absolute Gasteiger partial charge is 0.432 e. The van der Waals surface area contributed by atoms with Crippen LogP contribution in [0.2, 0.25) is 0 Å². The number of likely N-dealkylation sites (N-methyl/N-ethyl adjacent to an activating group) is 1. The highest BCUT2D eigenvalue weighted by Gasteiger charge is 2.33. The molecule has 1 amide bonds. The fraction of sp³-hybridized carbons (Fsp3) is 0.333. The van der Waals surface area contributed by atoms with E-state index in [-0.39, 0.29) is 5.82 Å². The Morgan fingerprint density at radius 3 is 2.68 bits per heavy atom. The van der Waals surface area contributed by atoms with Gasteiger partial charge in [-0.05, 0) is 49.9 Å². The molecule has 0 saturated carbocycles. The van der Waals surface area contributed by atoms with E-state index in [2.05, 4.69) is 59.9 Å². The van der Waals surface area contributed by atoms with Gasteiger partial charge in [-0.2, -0.15) is 13.2 Å². The third kappa shape index (κ3) is 7.84. The van der Waals surface area contributed by atoms with Gasteiger partial charge in [0.2, 0.25) is 0 Å². The van der Waals surface area contributed by atoms with Crippen LogP contribution >= 0.6 is 15.9 Å². The van der Waals surface area contributed by atoms with Crippen LogP contribution in [0.5, 0.6) is 5.75 Å². The highest BCUT2D eigenvalue weighted by atomic mass is 79.9. The number of hydrogen-bond acceptors (Lipinski definition) is 5. The van der Waals surface area contributed by atoms with Crippen molar-refractivity contribution in [1.82, 2.24) is 19.8 Å². The van der Waals surface area contributed by atoms with Crippen LogP contribution in [0.25, 0.3) is 11.4 Å². The molecule has 0 atom stereocenters. The molecule has 38 heavy (non-hydrogen) atoms. The van der Waals surface area contributed by atoms with Crippen molar-refractivity contribution < 1.29 is 22.7 Å². The van der Waals surface area contributed by atoms with Gasteiger partial charge in [-0.25, -0.2) is 4.98 Å². The highest BCUT2D eigenvalue weighted by Crippen LogP contribution is 2.33. The minimum atomic E-state index is -4.54. The van der Waals surface area contributed by atoms with Crippen molar-refractivity contribution in [2.75, 3.05) is 51.7 Å². The van der Waals surface area contributed by atoms with Gasteiger partial charge in [-0.15, -0.1) is 0 Å². The largest absolute Gasteiger partial charge is 0.491 e. The summed E-state index contributed by atoms with van der Waals surface area (Å²) in [4.78, 5) is 23.4. The summed E-state index contributed by atoms with van der Waals surface area (Å²) >= 11 is 3.37. The Kier molecular flexibility index (Phi) is 9.09. The fourth-order valence-electron chi connectivity index (χ4n) is 3.90. The molecule has 1 saturated heterocycles. The van der Waals surface area contributed by atoms with Crippen LogP contribution in [0.1, 0.15) is 17.7 Å². The zero-order valence-corrected chi connectivity index (χ0v) is 22.3. The number of aromatic amines is 1. The first-order chi connectivity index (χ1) is 18.2. The van der Waals surface area contributed by atoms with Gasteiger partial charge in [0.1, 0.15) is 17.3 Å². The third-order valence-electron chi connectivity index (χ3n) is 6.00. The molecule has 11 heteroatoms. The van der Waals surface area contributed by atoms with Crippen LogP contribution in [0, 0.1) is 11.8 Å². The second-order valence-corrected chi connectivity index (χ2v) is 9.83. The summed E-state index contributed by atoms with van der Waals surface area (Å²) in [6, 6.07) is 11.9. The summed E-state index contributed by atoms with van der Waals surface area (Å²) in [5.41, 5.74) is 0.349. The molecule has 200 valence electrons. The first-order valence-corrected chi connectivity index (χ1v) is 12.9. The van der Waals surface area contributed by atoms with Crippen molar-refractivity contribution in [3.05, 3.63) is 64.4 Å². The first kappa shape index (κ1) is 27.7. The maximum absolute atomic E-state index is 13.0. The quantitative estimate of drug-likeness (QED) is 0.304. The molecule has 3 aromatic rings. The van der Waals surface area contributed by atoms with Crippen molar-refractivity contribution in [2.45, 2.75) is 12.6 Å². The van der Waals surface area contributed by atoms with E-state index in [0.717, 1.165) is 49.8 Å². The van der Waals surface area contributed by atoms with Crippen molar-refractivity contribution in [1.29, 1.82) is 0 Å². The number of benzene rings is 2. The minimum absolute atomic E-state index is 0.0228. The lowest BCUT2D eigenvalue weighted by Crippen LogP contribution is -2.44. The van der Waals surface area contributed by atoms with Crippen molar-refractivity contribution >= 4 is 27.5 Å². The minimum Gasteiger partial charge on any atom is -0.491 e. The van der Waals surface area contributed by atoms with Crippen LogP contribution < -0.4 is 10.1 Å². The number of H-pyrrole nitrogens is 1. The predicted molar refractivity (Wildman–Crippen MR) is 143 cm³/mol. The number of piperazine rings is 1. The lowest BCUT2D eigenvalue weighted by molar-refractivity contribution is -0.140. The Balaban J connectivity index is 1.48. The van der Waals surface area contributed by atoms with Crippen LogP contribution in [0.4, 0.5) is 18.9 Å². The maximum atomic E-state index is 13.0. The van der Waals surface area contributed by atoms with Gasteiger partial charge in [0.05, 0.1) is 18.5 Å². The Morgan fingerprint density at radius 2 is 1.97 bits per heavy atom. The number of hydrogen-bond donors (Lipinski definition) is 2. The van der Waals surface area contributed by atoms with Gasteiger partial charge in [-0.1, -0.05) is 27.9 Å². The van der Waals surface area contributed by atoms with Gasteiger partial charge in [0.25, 0.3) is 0 Å². The average molecular weight is 590 g/mol. The number of carbonyl (C=O) groups is 1. The second-order valence-electron chi connectivity index (χ2n) is 8.92. The zero-order valence-electron chi connectivity index (χ0n) is 20.7. The Hall–Kier alpha value is -3.33. The van der Waals surface area contributed by atoms with Crippen molar-refractivity contribution in [2.24, 2.45) is 0 Å². The normalized spacial score (nSPS) is 14.6. The van der Waals surface area contributed by atoms with E-state index < -0.39 is 17.8 Å². The van der Waals surface area contributed by atoms with Crippen LogP contribution in [0.15, 0.2) is 53.1 Å². The lowest BCUT2D eigenvalue weighted by Gasteiger charge is -2.32. The summed E-state index contributed by atoms with van der Waals surface area (Å²) in [5, 5.41) is 2.71. The number of alkyl halides is 3. The Morgan fingerprint density at radius 1 is 1.18 bits per heavy atom. The summed E-state index contributed by atoms with van der Waals surface area (Å²) in [5.74, 6) is 5.17. The molecule has 1 aliphatic heterocycles. The topological polar surface area (TPSA) is 73.5 Å². The molecule has 7 nitrogen and oxygen atoms in total. The molecule has 2 N–H and O–H groups in total. The van der Waals surface area contributed by atoms with E-state index >= 15 is 0 Å². The standard InChI is InChI=1S/C27H27BrF3N5O2/c1-35-11-13-36(14-12-35)10-3-15-38-23-8-7-20(26-32-18-24(34-26)27(29,30)31)17-22(23)33-25(37)9-6-19-4-2-5-21(28)16-19/h2,4-5,7-8,16-18H,3,10-15H2,1H3,(H,32,34)(H,33,37). The van der Waals surface area contributed by atoms with E-state index in [1.807, 2.05) is 12.1 Å². The molecule has 1 aromatic heterocycles. The average Bonchev–Trinajstić information content (AvgIpc) is 3.38. The van der Waals surface area contributed by atoms with Crippen LogP contribution in [-0.2, 0) is 11.0 Å². The lowest BCUT2D eigenvalue weighted by atomic mass is 10.1. The first-order valence-electron chi connectivity index (χ1n) is 12.1. The number of halogens is 4. The van der Waals surface area contributed by atoms with Crippen molar-refractivity contribution in [3.63, 3.8) is 0 Å². The molecule has 2 heterocycles. The number of anilines is 1. The highest BCUT2D eigenvalue weighted by molar-refractivity contribution is 9.10. The van der Waals surface area contributed by atoms with E-state index in [9.17, 15) is 18.0 Å². The number of nitrogens with one attached hydrogen (secondary N) is 2. The number of carbonyl (C=O) groups excluding carboxylic acids is 1. The predicted octanol–water partition coefficient (Wildman–Crippen LogP) is 4.86. The maximum Gasteiger partial charge on any atom is 0.432 e. The summed E-state index contributed by atoms with van der Waals surface area (Å²) < 4.78 is 45.9. The molecule has 0 radical (unpaired) electrons. The van der Waals surface area contributed by atoms with Gasteiger partial charge >= 0.3 is 12.1 Å². The molecular formula is C27H27BrF3N5O2. The molecule has 0 spiro atoms. The van der Waals surface area contributed by atoms with Gasteiger partial charge in [0, 0.05) is 54.2 Å². The number of rotatable bonds is 7. The molecule has 2 aromatic carbocycles. The number of ether oxygens (including phenoxy) is 1. The van der Waals surface area contributed by atoms with Gasteiger partial charge in [0.15, 0.2) is 0 Å². The van der Waals surface area contributed by atoms with Gasteiger partial charge in [-0.3, -0.25) is 4.79 Å². The number of amides is 1. The molecule has 1 fully saturated rings. The molecule has 1 aliphatic rings. The summed E-state index contributed by atoms with van der Waals surface area (Å²) in [7, 11) is 2.11. The molecule has 4 rings (SSSR count). The fourth-order valence-corrected chi connectivity index (χ4v) is 4.30. The zero-order chi connectivity index (χ0) is 27.1. The number of aromatic nitrogens is 2. The van der Waals surface area contributed by atoms with E-state index in [4.69, 9.17) is 4.74 Å². The summed E-state index contributed by atoms with van der Waals surface area (Å²) in [6.45, 7) is 5.37. The Labute approximate surface area is 227 Å². The van der Waals surface area contributed by atoms with E-state index in [0.29, 0.717) is 29.2 Å². The van der Waals surface area contributed by atoms with E-state index in [1.54, 1.807) is 24.3 Å². The summed E-state index contributed by atoms with van der Waals surface area (Å²) in [6.07, 6.45) is -3.02. The number of imidazole rings is 1. The molecular weight excluding hydrogens is 563 g/mol. The number of nitrogens with zero attached hydrogens (tertiary/aromatic N) is 3. The van der Waals surface area contributed by atoms with E-state index in [1.165, 1.54) is 6.07 Å². The van der Waals surface area contributed by atoms with Crippen molar-refractivity contribution in [3.8, 4) is 29.0 Å². The molecule has 0 bridgehead atoms. The monoisotopic (exact) mass is 589 g/mol. The second kappa shape index (κ2) is 12.5.